The fourth-order valence-electron chi connectivity index (χ4n) is 2.33. The van der Waals surface area contributed by atoms with Crippen molar-refractivity contribution in [1.29, 1.82) is 0 Å². The third-order valence-corrected chi connectivity index (χ3v) is 3.50. The Hall–Kier alpha value is -1.96. The van der Waals surface area contributed by atoms with E-state index in [0.29, 0.717) is 11.1 Å². The van der Waals surface area contributed by atoms with Crippen molar-refractivity contribution in [3.8, 4) is 0 Å². The van der Waals surface area contributed by atoms with Gasteiger partial charge >= 0.3 is 5.92 Å². The van der Waals surface area contributed by atoms with Gasteiger partial charge in [0.2, 0.25) is 0 Å². The molecule has 1 aliphatic carbocycles. The van der Waals surface area contributed by atoms with E-state index in [9.17, 15) is 8.78 Å². The van der Waals surface area contributed by atoms with E-state index in [1.54, 1.807) is 24.3 Å². The third kappa shape index (κ3) is 1.97. The smallest absolute Gasteiger partial charge is 0.196 e. The minimum absolute atomic E-state index is 0.163. The summed E-state index contributed by atoms with van der Waals surface area (Å²) in [5.41, 5.74) is 3.71. The van der Waals surface area contributed by atoms with E-state index in [-0.39, 0.29) is 11.1 Å². The number of hydrogen-bond acceptors (Lipinski definition) is 0. The Labute approximate surface area is 111 Å². The standard InChI is InChI=1S/C17H14F2/c1-11-3-7-13(8-4-11)15-16(17(15,18)19)14-9-5-12(2)6-10-14/h3-10H,1-2H3. The van der Waals surface area contributed by atoms with Crippen molar-refractivity contribution in [2.45, 2.75) is 19.8 Å². The lowest BCUT2D eigenvalue weighted by molar-refractivity contribution is 0.166. The lowest BCUT2D eigenvalue weighted by Gasteiger charge is -2.00. The zero-order valence-corrected chi connectivity index (χ0v) is 10.9. The first kappa shape index (κ1) is 12.1. The Morgan fingerprint density at radius 3 is 1.26 bits per heavy atom. The number of alkyl halides is 2. The highest BCUT2D eigenvalue weighted by Gasteiger charge is 2.56. The van der Waals surface area contributed by atoms with Gasteiger partial charge in [-0.15, -0.1) is 0 Å². The van der Waals surface area contributed by atoms with Crippen molar-refractivity contribution in [2.75, 3.05) is 0 Å². The van der Waals surface area contributed by atoms with Crippen molar-refractivity contribution in [3.05, 3.63) is 70.8 Å². The summed E-state index contributed by atoms with van der Waals surface area (Å²) in [4.78, 5) is 0. The van der Waals surface area contributed by atoms with Crippen LogP contribution in [0.1, 0.15) is 22.3 Å². The monoisotopic (exact) mass is 256 g/mol. The summed E-state index contributed by atoms with van der Waals surface area (Å²) in [6.07, 6.45) is 0. The highest BCUT2D eigenvalue weighted by atomic mass is 19.3. The Morgan fingerprint density at radius 1 is 0.632 bits per heavy atom. The van der Waals surface area contributed by atoms with Gasteiger partial charge in [0, 0.05) is 11.1 Å². The van der Waals surface area contributed by atoms with Crippen molar-refractivity contribution >= 4 is 11.1 Å². The van der Waals surface area contributed by atoms with E-state index < -0.39 is 5.92 Å². The molecule has 0 bridgehead atoms. The highest BCUT2D eigenvalue weighted by molar-refractivity contribution is 6.15. The maximum absolute atomic E-state index is 14.0. The first-order valence-corrected chi connectivity index (χ1v) is 6.27. The van der Waals surface area contributed by atoms with Crippen molar-refractivity contribution < 1.29 is 8.78 Å². The molecule has 0 nitrogen and oxygen atoms in total. The van der Waals surface area contributed by atoms with Gasteiger partial charge in [-0.05, 0) is 25.0 Å². The summed E-state index contributed by atoms with van der Waals surface area (Å²) in [6, 6.07) is 14.5. The number of halogens is 2. The van der Waals surface area contributed by atoms with Crippen LogP contribution in [-0.2, 0) is 0 Å². The molecule has 2 aromatic rings. The molecule has 2 heteroatoms. The van der Waals surface area contributed by atoms with Gasteiger partial charge in [0.25, 0.3) is 0 Å². The van der Waals surface area contributed by atoms with Crippen LogP contribution in [0.2, 0.25) is 0 Å². The summed E-state index contributed by atoms with van der Waals surface area (Å²) < 4.78 is 27.9. The Balaban J connectivity index is 2.04. The molecular weight excluding hydrogens is 242 g/mol. The lowest BCUT2D eigenvalue weighted by atomic mass is 10.1. The van der Waals surface area contributed by atoms with Gasteiger partial charge in [-0.2, -0.15) is 8.78 Å². The molecule has 2 aromatic carbocycles. The highest BCUT2D eigenvalue weighted by Crippen LogP contribution is 2.60. The van der Waals surface area contributed by atoms with Crippen LogP contribution in [0.4, 0.5) is 8.78 Å². The molecule has 0 atom stereocenters. The second kappa shape index (κ2) is 4.02. The van der Waals surface area contributed by atoms with Crippen LogP contribution in [0.5, 0.6) is 0 Å². The molecule has 0 unspecified atom stereocenters. The van der Waals surface area contributed by atoms with Crippen LogP contribution in [-0.4, -0.2) is 5.92 Å². The van der Waals surface area contributed by atoms with Crippen LogP contribution < -0.4 is 0 Å². The molecule has 0 heterocycles. The summed E-state index contributed by atoms with van der Waals surface area (Å²) in [6.45, 7) is 3.90. The predicted molar refractivity (Wildman–Crippen MR) is 74.1 cm³/mol. The summed E-state index contributed by atoms with van der Waals surface area (Å²) in [5, 5.41) is 0. The van der Waals surface area contributed by atoms with E-state index >= 15 is 0 Å². The quantitative estimate of drug-likeness (QED) is 0.719. The Bertz CT molecular complexity index is 589. The van der Waals surface area contributed by atoms with Gasteiger partial charge in [0.05, 0.1) is 0 Å². The Kier molecular flexibility index (Phi) is 2.56. The second-order valence-electron chi connectivity index (χ2n) is 5.06. The molecule has 0 saturated heterocycles. The molecule has 0 saturated carbocycles. The predicted octanol–water partition coefficient (Wildman–Crippen LogP) is 4.86. The number of benzene rings is 2. The zero-order chi connectivity index (χ0) is 13.6. The van der Waals surface area contributed by atoms with E-state index in [2.05, 4.69) is 0 Å². The number of allylic oxidation sites excluding steroid dienone is 2. The van der Waals surface area contributed by atoms with Gasteiger partial charge < -0.3 is 0 Å². The minimum atomic E-state index is -2.79. The van der Waals surface area contributed by atoms with E-state index in [1.165, 1.54) is 0 Å². The third-order valence-electron chi connectivity index (χ3n) is 3.50. The molecule has 0 aliphatic heterocycles. The minimum Gasteiger partial charge on any atom is -0.196 e. The topological polar surface area (TPSA) is 0 Å². The van der Waals surface area contributed by atoms with Crippen LogP contribution in [0, 0.1) is 13.8 Å². The average Bonchev–Trinajstić information content (AvgIpc) is 2.94. The lowest BCUT2D eigenvalue weighted by Crippen LogP contribution is -1.97. The van der Waals surface area contributed by atoms with E-state index in [4.69, 9.17) is 0 Å². The molecule has 0 N–H and O–H groups in total. The maximum atomic E-state index is 14.0. The normalized spacial score (nSPS) is 16.6. The molecule has 0 fully saturated rings. The molecule has 0 spiro atoms. The first-order valence-electron chi connectivity index (χ1n) is 6.27. The van der Waals surface area contributed by atoms with Crippen molar-refractivity contribution in [2.24, 2.45) is 0 Å². The molecule has 3 rings (SSSR count). The molecule has 0 radical (unpaired) electrons. The molecule has 1 aliphatic rings. The largest absolute Gasteiger partial charge is 0.300 e. The van der Waals surface area contributed by atoms with Gasteiger partial charge in [0.15, 0.2) is 0 Å². The number of aryl methyl sites for hydroxylation is 2. The number of rotatable bonds is 2. The van der Waals surface area contributed by atoms with Crippen LogP contribution >= 0.6 is 0 Å². The number of hydrogen-bond donors (Lipinski definition) is 0. The van der Waals surface area contributed by atoms with Crippen LogP contribution in [0.25, 0.3) is 11.1 Å². The summed E-state index contributed by atoms with van der Waals surface area (Å²) in [5.74, 6) is -2.79. The van der Waals surface area contributed by atoms with Crippen molar-refractivity contribution in [3.63, 3.8) is 0 Å². The zero-order valence-electron chi connectivity index (χ0n) is 10.9. The maximum Gasteiger partial charge on any atom is 0.300 e. The summed E-state index contributed by atoms with van der Waals surface area (Å²) >= 11 is 0. The van der Waals surface area contributed by atoms with Gasteiger partial charge in [-0.1, -0.05) is 59.7 Å². The SMILES string of the molecule is Cc1ccc(C2=C(c3ccc(C)cc3)C2(F)F)cc1. The average molecular weight is 256 g/mol. The van der Waals surface area contributed by atoms with E-state index in [0.717, 1.165) is 11.1 Å². The molecular formula is C17H14F2. The van der Waals surface area contributed by atoms with Gasteiger partial charge in [-0.25, -0.2) is 0 Å². The molecule has 0 amide bonds. The molecule has 0 aromatic heterocycles. The molecule has 19 heavy (non-hydrogen) atoms. The Morgan fingerprint density at radius 2 is 0.947 bits per heavy atom. The fourth-order valence-corrected chi connectivity index (χ4v) is 2.33. The van der Waals surface area contributed by atoms with Crippen molar-refractivity contribution in [1.82, 2.24) is 0 Å². The van der Waals surface area contributed by atoms with Crippen LogP contribution in [0.15, 0.2) is 48.5 Å². The van der Waals surface area contributed by atoms with Gasteiger partial charge in [0.1, 0.15) is 0 Å². The molecule has 96 valence electrons. The summed E-state index contributed by atoms with van der Waals surface area (Å²) in [7, 11) is 0. The van der Waals surface area contributed by atoms with E-state index in [1.807, 2.05) is 38.1 Å². The first-order chi connectivity index (χ1) is 9.00. The van der Waals surface area contributed by atoms with Gasteiger partial charge in [-0.3, -0.25) is 0 Å². The van der Waals surface area contributed by atoms with Crippen LogP contribution in [0.3, 0.4) is 0 Å². The fraction of sp³-hybridized carbons (Fsp3) is 0.176. The second-order valence-corrected chi connectivity index (χ2v) is 5.06.